The van der Waals surface area contributed by atoms with Crippen LogP contribution < -0.4 is 10.6 Å². The zero-order chi connectivity index (χ0) is 15.9. The molecule has 0 aliphatic rings. The SMILES string of the molecule is CC(=O)Nc1ccc(NC(=O)/C=C/c2ccc(O)cc2)cc1. The summed E-state index contributed by atoms with van der Waals surface area (Å²) in [5, 5.41) is 14.5. The number of hydrogen-bond acceptors (Lipinski definition) is 3. The van der Waals surface area contributed by atoms with Crippen molar-refractivity contribution in [3.63, 3.8) is 0 Å². The fraction of sp³-hybridized carbons (Fsp3) is 0.0588. The summed E-state index contributed by atoms with van der Waals surface area (Å²) in [6.45, 7) is 1.43. The van der Waals surface area contributed by atoms with Gasteiger partial charge in [0.2, 0.25) is 11.8 Å². The Labute approximate surface area is 128 Å². The Morgan fingerprint density at radius 2 is 1.45 bits per heavy atom. The van der Waals surface area contributed by atoms with Crippen LogP contribution in [-0.2, 0) is 9.59 Å². The van der Waals surface area contributed by atoms with Crippen molar-refractivity contribution in [1.29, 1.82) is 0 Å². The van der Waals surface area contributed by atoms with Crippen LogP contribution in [0.1, 0.15) is 12.5 Å². The first-order chi connectivity index (χ1) is 10.5. The number of amides is 2. The largest absolute Gasteiger partial charge is 0.508 e. The summed E-state index contributed by atoms with van der Waals surface area (Å²) >= 11 is 0. The molecule has 112 valence electrons. The predicted octanol–water partition coefficient (Wildman–Crippen LogP) is 3.00. The predicted molar refractivity (Wildman–Crippen MR) is 86.5 cm³/mol. The number of carbonyl (C=O) groups excluding carboxylic acids is 2. The summed E-state index contributed by atoms with van der Waals surface area (Å²) < 4.78 is 0. The molecule has 5 heteroatoms. The van der Waals surface area contributed by atoms with E-state index in [1.165, 1.54) is 13.0 Å². The summed E-state index contributed by atoms with van der Waals surface area (Å²) in [6.07, 6.45) is 3.06. The molecule has 5 nitrogen and oxygen atoms in total. The van der Waals surface area contributed by atoms with Crippen LogP contribution in [0.3, 0.4) is 0 Å². The van der Waals surface area contributed by atoms with Gasteiger partial charge in [-0.15, -0.1) is 0 Å². The van der Waals surface area contributed by atoms with Crippen molar-refractivity contribution < 1.29 is 14.7 Å². The van der Waals surface area contributed by atoms with Crippen molar-refractivity contribution in [2.45, 2.75) is 6.92 Å². The number of aromatic hydroxyl groups is 1. The number of rotatable bonds is 4. The summed E-state index contributed by atoms with van der Waals surface area (Å²) in [5.41, 5.74) is 2.12. The third-order valence-corrected chi connectivity index (χ3v) is 2.79. The van der Waals surface area contributed by atoms with E-state index < -0.39 is 0 Å². The van der Waals surface area contributed by atoms with E-state index in [1.54, 1.807) is 54.6 Å². The van der Waals surface area contributed by atoms with Gasteiger partial charge in [0, 0.05) is 24.4 Å². The minimum Gasteiger partial charge on any atom is -0.508 e. The molecule has 0 saturated heterocycles. The first kappa shape index (κ1) is 15.3. The highest BCUT2D eigenvalue weighted by Crippen LogP contribution is 2.14. The molecule has 0 spiro atoms. The van der Waals surface area contributed by atoms with Crippen LogP contribution in [0.15, 0.2) is 54.6 Å². The molecule has 0 heterocycles. The fourth-order valence-electron chi connectivity index (χ4n) is 1.78. The number of nitrogens with one attached hydrogen (secondary N) is 2. The van der Waals surface area contributed by atoms with E-state index in [0.29, 0.717) is 11.4 Å². The van der Waals surface area contributed by atoms with Crippen molar-refractivity contribution >= 4 is 29.3 Å². The Bertz CT molecular complexity index is 689. The van der Waals surface area contributed by atoms with Gasteiger partial charge in [0.25, 0.3) is 0 Å². The van der Waals surface area contributed by atoms with Crippen LogP contribution in [0.2, 0.25) is 0 Å². The second-order valence-corrected chi connectivity index (χ2v) is 4.67. The molecule has 22 heavy (non-hydrogen) atoms. The molecular weight excluding hydrogens is 280 g/mol. The zero-order valence-electron chi connectivity index (χ0n) is 12.0. The lowest BCUT2D eigenvalue weighted by Gasteiger charge is -2.05. The highest BCUT2D eigenvalue weighted by atomic mass is 16.3. The normalized spacial score (nSPS) is 10.4. The van der Waals surface area contributed by atoms with Crippen LogP contribution >= 0.6 is 0 Å². The quantitative estimate of drug-likeness (QED) is 0.759. The first-order valence-electron chi connectivity index (χ1n) is 6.69. The Kier molecular flexibility index (Phi) is 4.93. The lowest BCUT2D eigenvalue weighted by Crippen LogP contribution is -2.08. The molecule has 0 radical (unpaired) electrons. The minimum atomic E-state index is -0.264. The second-order valence-electron chi connectivity index (χ2n) is 4.67. The smallest absolute Gasteiger partial charge is 0.248 e. The number of phenolic OH excluding ortho intramolecular Hbond substituents is 1. The summed E-state index contributed by atoms with van der Waals surface area (Å²) in [7, 11) is 0. The number of benzene rings is 2. The Morgan fingerprint density at radius 3 is 2.00 bits per heavy atom. The minimum absolute atomic E-state index is 0.145. The van der Waals surface area contributed by atoms with Gasteiger partial charge >= 0.3 is 0 Å². The third kappa shape index (κ3) is 4.79. The average molecular weight is 296 g/mol. The van der Waals surface area contributed by atoms with E-state index in [4.69, 9.17) is 0 Å². The lowest BCUT2D eigenvalue weighted by atomic mass is 10.2. The second kappa shape index (κ2) is 7.08. The molecule has 0 aromatic heterocycles. The van der Waals surface area contributed by atoms with Crippen molar-refractivity contribution in [2.75, 3.05) is 10.6 Å². The lowest BCUT2D eigenvalue weighted by molar-refractivity contribution is -0.114. The van der Waals surface area contributed by atoms with Crippen LogP contribution in [0, 0.1) is 0 Å². The van der Waals surface area contributed by atoms with Crippen molar-refractivity contribution in [1.82, 2.24) is 0 Å². The molecule has 0 unspecified atom stereocenters. The van der Waals surface area contributed by atoms with Crippen LogP contribution in [0.25, 0.3) is 6.08 Å². The molecule has 0 atom stereocenters. The van der Waals surface area contributed by atoms with Crippen molar-refractivity contribution in [3.8, 4) is 5.75 Å². The molecule has 3 N–H and O–H groups in total. The monoisotopic (exact) mass is 296 g/mol. The molecule has 0 bridgehead atoms. The number of phenols is 1. The zero-order valence-corrected chi connectivity index (χ0v) is 12.0. The standard InChI is InChI=1S/C17H16N2O3/c1-12(20)18-14-5-7-15(8-6-14)19-17(22)11-4-13-2-9-16(21)10-3-13/h2-11,21H,1H3,(H,18,20)(H,19,22)/b11-4+. The molecule has 2 aromatic rings. The molecule has 0 aliphatic carbocycles. The molecular formula is C17H16N2O3. The van der Waals surface area contributed by atoms with E-state index in [0.717, 1.165) is 5.56 Å². The van der Waals surface area contributed by atoms with E-state index in [2.05, 4.69) is 10.6 Å². The molecule has 2 aromatic carbocycles. The maximum absolute atomic E-state index is 11.8. The molecule has 0 aliphatic heterocycles. The van der Waals surface area contributed by atoms with Crippen LogP contribution in [-0.4, -0.2) is 16.9 Å². The Balaban J connectivity index is 1.94. The number of anilines is 2. The van der Waals surface area contributed by atoms with Gasteiger partial charge in [-0.05, 0) is 48.0 Å². The van der Waals surface area contributed by atoms with E-state index >= 15 is 0 Å². The Hall–Kier alpha value is -3.08. The molecule has 0 fully saturated rings. The fourth-order valence-corrected chi connectivity index (χ4v) is 1.78. The first-order valence-corrected chi connectivity index (χ1v) is 6.69. The van der Waals surface area contributed by atoms with Gasteiger partial charge in [0.1, 0.15) is 5.75 Å². The van der Waals surface area contributed by atoms with Gasteiger partial charge < -0.3 is 15.7 Å². The van der Waals surface area contributed by atoms with Crippen LogP contribution in [0.5, 0.6) is 5.75 Å². The number of carbonyl (C=O) groups is 2. The summed E-state index contributed by atoms with van der Waals surface area (Å²) in [6, 6.07) is 13.4. The highest BCUT2D eigenvalue weighted by Gasteiger charge is 1.99. The van der Waals surface area contributed by atoms with E-state index in [1.807, 2.05) is 0 Å². The van der Waals surface area contributed by atoms with E-state index in [-0.39, 0.29) is 17.6 Å². The number of hydrogen-bond donors (Lipinski definition) is 3. The molecule has 2 rings (SSSR count). The molecule has 2 amide bonds. The maximum atomic E-state index is 11.8. The third-order valence-electron chi connectivity index (χ3n) is 2.79. The van der Waals surface area contributed by atoms with Gasteiger partial charge in [-0.25, -0.2) is 0 Å². The van der Waals surface area contributed by atoms with Gasteiger partial charge in [-0.2, -0.15) is 0 Å². The molecule has 0 saturated carbocycles. The maximum Gasteiger partial charge on any atom is 0.248 e. The van der Waals surface area contributed by atoms with Crippen molar-refractivity contribution in [2.24, 2.45) is 0 Å². The van der Waals surface area contributed by atoms with E-state index in [9.17, 15) is 14.7 Å². The van der Waals surface area contributed by atoms with Crippen LogP contribution in [0.4, 0.5) is 11.4 Å². The highest BCUT2D eigenvalue weighted by molar-refractivity contribution is 6.02. The van der Waals surface area contributed by atoms with Gasteiger partial charge in [0.05, 0.1) is 0 Å². The summed E-state index contributed by atoms with van der Waals surface area (Å²) in [5.74, 6) is -0.227. The van der Waals surface area contributed by atoms with Gasteiger partial charge in [0.15, 0.2) is 0 Å². The van der Waals surface area contributed by atoms with Gasteiger partial charge in [-0.3, -0.25) is 9.59 Å². The summed E-state index contributed by atoms with van der Waals surface area (Å²) in [4.78, 5) is 22.7. The average Bonchev–Trinajstić information content (AvgIpc) is 2.48. The van der Waals surface area contributed by atoms with Gasteiger partial charge in [-0.1, -0.05) is 12.1 Å². The Morgan fingerprint density at radius 1 is 0.909 bits per heavy atom. The van der Waals surface area contributed by atoms with Crippen molar-refractivity contribution in [3.05, 3.63) is 60.2 Å². The topological polar surface area (TPSA) is 78.4 Å².